The molecule has 1 aromatic heterocycles. The second kappa shape index (κ2) is 13.9. The molecule has 2 aliphatic rings. The molecule has 3 atom stereocenters. The van der Waals surface area contributed by atoms with Gasteiger partial charge in [0.1, 0.15) is 0 Å². The van der Waals surface area contributed by atoms with Crippen LogP contribution in [0.15, 0.2) is 54.9 Å². The number of carboxylic acid groups (broad SMARTS) is 2. The number of aromatic nitrogens is 1. The molecule has 3 heterocycles. The summed E-state index contributed by atoms with van der Waals surface area (Å²) in [5.41, 5.74) is 1.99. The van der Waals surface area contributed by atoms with Gasteiger partial charge < -0.3 is 20.3 Å². The van der Waals surface area contributed by atoms with E-state index in [0.29, 0.717) is 30.0 Å². The lowest BCUT2D eigenvalue weighted by molar-refractivity contribution is -0.193. The van der Waals surface area contributed by atoms with Crippen molar-refractivity contribution < 1.29 is 55.7 Å². The molecule has 4 rings (SSSR count). The largest absolute Gasteiger partial charge is 0.490 e. The van der Waals surface area contributed by atoms with Crippen molar-refractivity contribution >= 4 is 17.8 Å². The first-order valence-corrected chi connectivity index (χ1v) is 11.3. The van der Waals surface area contributed by atoms with Gasteiger partial charge >= 0.3 is 24.3 Å². The molecule has 0 bridgehead atoms. The van der Waals surface area contributed by atoms with Gasteiger partial charge in [-0.05, 0) is 29.8 Å². The fraction of sp³-hybridized carbons (Fsp3) is 0.417. The predicted molar refractivity (Wildman–Crippen MR) is 122 cm³/mol. The molecule has 1 aromatic carbocycles. The Morgan fingerprint density at radius 1 is 0.923 bits per heavy atom. The van der Waals surface area contributed by atoms with Crippen molar-refractivity contribution in [3.63, 3.8) is 0 Å². The molecule has 2 aliphatic heterocycles. The fourth-order valence-electron chi connectivity index (χ4n) is 3.88. The number of carbonyl (C=O) groups excluding carboxylic acids is 1. The van der Waals surface area contributed by atoms with Crippen molar-refractivity contribution in [3.05, 3.63) is 66.0 Å². The number of ether oxygens (including phenoxy) is 1. The number of amides is 1. The maximum Gasteiger partial charge on any atom is 0.490 e. The van der Waals surface area contributed by atoms with E-state index in [4.69, 9.17) is 24.5 Å². The fourth-order valence-corrected chi connectivity index (χ4v) is 3.88. The zero-order valence-electron chi connectivity index (χ0n) is 20.2. The Balaban J connectivity index is 0.000000317. The van der Waals surface area contributed by atoms with E-state index in [-0.39, 0.29) is 5.91 Å². The number of benzene rings is 1. The highest BCUT2D eigenvalue weighted by Crippen LogP contribution is 2.34. The Hall–Kier alpha value is -3.72. The maximum absolute atomic E-state index is 12.2. The molecule has 0 unspecified atom stereocenters. The lowest BCUT2D eigenvalue weighted by Gasteiger charge is -2.20. The zero-order chi connectivity index (χ0) is 29.2. The molecular formula is C24H25F6N3O6. The molecule has 1 amide bonds. The summed E-state index contributed by atoms with van der Waals surface area (Å²) < 4.78 is 69.5. The lowest BCUT2D eigenvalue weighted by atomic mass is 9.93. The van der Waals surface area contributed by atoms with Crippen LogP contribution in [0, 0.1) is 11.8 Å². The van der Waals surface area contributed by atoms with Gasteiger partial charge in [0.25, 0.3) is 5.91 Å². The Morgan fingerprint density at radius 2 is 1.46 bits per heavy atom. The second-order valence-corrected chi connectivity index (χ2v) is 8.53. The number of fused-ring (bicyclic) bond motifs is 1. The minimum atomic E-state index is -5.08. The second-order valence-electron chi connectivity index (χ2n) is 8.53. The van der Waals surface area contributed by atoms with Crippen molar-refractivity contribution in [2.24, 2.45) is 11.8 Å². The van der Waals surface area contributed by atoms with E-state index in [9.17, 15) is 31.1 Å². The van der Waals surface area contributed by atoms with Crippen molar-refractivity contribution in [2.75, 3.05) is 26.2 Å². The number of carboxylic acids is 2. The molecule has 0 saturated carbocycles. The summed E-state index contributed by atoms with van der Waals surface area (Å²) in [4.78, 5) is 36.5. The van der Waals surface area contributed by atoms with Crippen molar-refractivity contribution in [1.29, 1.82) is 0 Å². The number of alkyl halides is 6. The SMILES string of the molecule is O=C(NC[C@@H]1CO[C@@H]2CN(Cc3ccncc3)C[C@H]12)c1ccccc1.O=C(O)C(F)(F)F.O=C(O)C(F)(F)F. The van der Waals surface area contributed by atoms with E-state index in [1.807, 2.05) is 42.7 Å². The minimum absolute atomic E-state index is 0.00399. The molecular weight excluding hydrogens is 540 g/mol. The lowest BCUT2D eigenvalue weighted by Crippen LogP contribution is -2.34. The molecule has 9 nitrogen and oxygen atoms in total. The zero-order valence-corrected chi connectivity index (χ0v) is 20.2. The van der Waals surface area contributed by atoms with Crippen LogP contribution in [0.3, 0.4) is 0 Å². The van der Waals surface area contributed by atoms with E-state index in [2.05, 4.69) is 27.3 Å². The third kappa shape index (κ3) is 10.5. The van der Waals surface area contributed by atoms with E-state index >= 15 is 0 Å². The van der Waals surface area contributed by atoms with E-state index < -0.39 is 24.3 Å². The summed E-state index contributed by atoms with van der Waals surface area (Å²) in [6.07, 6.45) is -6.20. The third-order valence-corrected chi connectivity index (χ3v) is 5.72. The minimum Gasteiger partial charge on any atom is -0.475 e. The summed E-state index contributed by atoms with van der Waals surface area (Å²) >= 11 is 0. The molecule has 214 valence electrons. The number of hydrogen-bond acceptors (Lipinski definition) is 6. The Labute approximate surface area is 218 Å². The van der Waals surface area contributed by atoms with Crippen LogP contribution in [0.1, 0.15) is 15.9 Å². The monoisotopic (exact) mass is 565 g/mol. The summed E-state index contributed by atoms with van der Waals surface area (Å²) in [6, 6.07) is 13.5. The first kappa shape index (κ1) is 31.5. The smallest absolute Gasteiger partial charge is 0.475 e. The number of aliphatic carboxylic acids is 2. The summed E-state index contributed by atoms with van der Waals surface area (Å²) in [5, 5.41) is 17.3. The van der Waals surface area contributed by atoms with Crippen molar-refractivity contribution in [2.45, 2.75) is 25.0 Å². The Morgan fingerprint density at radius 3 is 1.97 bits per heavy atom. The van der Waals surface area contributed by atoms with E-state index in [1.54, 1.807) is 0 Å². The molecule has 2 aromatic rings. The highest BCUT2D eigenvalue weighted by Gasteiger charge is 2.43. The molecule has 0 aliphatic carbocycles. The average molecular weight is 565 g/mol. The van der Waals surface area contributed by atoms with Crippen LogP contribution >= 0.6 is 0 Å². The van der Waals surface area contributed by atoms with Crippen LogP contribution in [-0.4, -0.2) is 82.6 Å². The first-order chi connectivity index (χ1) is 18.2. The van der Waals surface area contributed by atoms with Gasteiger partial charge in [0, 0.05) is 56.0 Å². The number of halogens is 6. The van der Waals surface area contributed by atoms with Gasteiger partial charge in [0.15, 0.2) is 0 Å². The average Bonchev–Trinajstić information content (AvgIpc) is 3.43. The van der Waals surface area contributed by atoms with Crippen LogP contribution in [0.5, 0.6) is 0 Å². The maximum atomic E-state index is 12.2. The molecule has 15 heteroatoms. The highest BCUT2D eigenvalue weighted by atomic mass is 19.4. The summed E-state index contributed by atoms with van der Waals surface area (Å²) in [5.74, 6) is -4.63. The molecule has 3 N–H and O–H groups in total. The first-order valence-electron chi connectivity index (χ1n) is 11.3. The molecule has 0 spiro atoms. The Bertz CT molecular complexity index is 1060. The summed E-state index contributed by atoms with van der Waals surface area (Å²) in [7, 11) is 0. The van der Waals surface area contributed by atoms with Gasteiger partial charge in [-0.2, -0.15) is 26.3 Å². The normalized spacial score (nSPS) is 20.5. The molecule has 0 radical (unpaired) electrons. The van der Waals surface area contributed by atoms with Gasteiger partial charge in [-0.3, -0.25) is 14.7 Å². The van der Waals surface area contributed by atoms with Crippen LogP contribution in [0.4, 0.5) is 26.3 Å². The van der Waals surface area contributed by atoms with Crippen LogP contribution in [0.25, 0.3) is 0 Å². The number of nitrogens with zero attached hydrogens (tertiary/aromatic N) is 2. The molecule has 39 heavy (non-hydrogen) atoms. The van der Waals surface area contributed by atoms with Crippen molar-refractivity contribution in [1.82, 2.24) is 15.2 Å². The number of nitrogens with one attached hydrogen (secondary N) is 1. The number of hydrogen-bond donors (Lipinski definition) is 3. The van der Waals surface area contributed by atoms with E-state index in [1.165, 1.54) is 5.56 Å². The molecule has 2 saturated heterocycles. The van der Waals surface area contributed by atoms with E-state index in [0.717, 1.165) is 26.2 Å². The van der Waals surface area contributed by atoms with Gasteiger partial charge in [-0.15, -0.1) is 0 Å². The molecule has 2 fully saturated rings. The standard InChI is InChI=1S/C20H23N3O2.2C2HF3O2/c24-20(16-4-2-1-3-5-16)22-10-17-14-25-19-13-23(12-18(17)19)11-15-6-8-21-9-7-15;2*3-2(4,5)1(6)7/h1-9,17-19H,10-14H2,(H,22,24);2*(H,6,7)/t17-,18-,19-;;/m1../s1. The van der Waals surface area contributed by atoms with Gasteiger partial charge in [-0.1, -0.05) is 18.2 Å². The van der Waals surface area contributed by atoms with Crippen LogP contribution < -0.4 is 5.32 Å². The van der Waals surface area contributed by atoms with Crippen molar-refractivity contribution in [3.8, 4) is 0 Å². The topological polar surface area (TPSA) is 129 Å². The summed E-state index contributed by atoms with van der Waals surface area (Å²) in [6.45, 7) is 4.35. The number of carbonyl (C=O) groups is 3. The number of likely N-dealkylation sites (tertiary alicyclic amines) is 1. The van der Waals surface area contributed by atoms with Crippen LogP contribution in [0.2, 0.25) is 0 Å². The van der Waals surface area contributed by atoms with Crippen LogP contribution in [-0.2, 0) is 20.9 Å². The highest BCUT2D eigenvalue weighted by molar-refractivity contribution is 5.94. The predicted octanol–water partition coefficient (Wildman–Crippen LogP) is 3.23. The third-order valence-electron chi connectivity index (χ3n) is 5.72. The number of pyridine rings is 1. The number of rotatable bonds is 5. The quantitative estimate of drug-likeness (QED) is 0.472. The van der Waals surface area contributed by atoms with Gasteiger partial charge in [0.2, 0.25) is 0 Å². The van der Waals surface area contributed by atoms with Gasteiger partial charge in [-0.25, -0.2) is 9.59 Å². The Kier molecular flexibility index (Phi) is 11.2. The van der Waals surface area contributed by atoms with Gasteiger partial charge in [0.05, 0.1) is 12.7 Å².